The average molecular weight is 290 g/mol. The first-order valence-electron chi connectivity index (χ1n) is 6.73. The summed E-state index contributed by atoms with van der Waals surface area (Å²) in [7, 11) is 0. The van der Waals surface area contributed by atoms with Crippen molar-refractivity contribution in [2.24, 2.45) is 0 Å². The predicted molar refractivity (Wildman–Crippen MR) is 70.3 cm³/mol. The van der Waals surface area contributed by atoms with E-state index in [2.05, 4.69) is 12.2 Å². The van der Waals surface area contributed by atoms with E-state index in [1.165, 1.54) is 6.07 Å². The molecule has 0 aliphatic carbocycles. The van der Waals surface area contributed by atoms with Gasteiger partial charge in [-0.15, -0.1) is 0 Å². The molecule has 1 atom stereocenters. The van der Waals surface area contributed by atoms with Gasteiger partial charge in [0.05, 0.1) is 5.56 Å². The van der Waals surface area contributed by atoms with Crippen molar-refractivity contribution in [2.75, 3.05) is 24.5 Å². The van der Waals surface area contributed by atoms with Crippen LogP contribution in [0.4, 0.5) is 23.2 Å². The van der Waals surface area contributed by atoms with E-state index in [0.29, 0.717) is 24.8 Å². The molecular formula is C14H18F4N2. The number of benzene rings is 1. The highest BCUT2D eigenvalue weighted by molar-refractivity contribution is 5.49. The van der Waals surface area contributed by atoms with E-state index in [0.717, 1.165) is 31.5 Å². The molecule has 0 bridgehead atoms. The van der Waals surface area contributed by atoms with Crippen LogP contribution in [0.25, 0.3) is 0 Å². The Labute approximate surface area is 115 Å². The Morgan fingerprint density at radius 2 is 2.00 bits per heavy atom. The molecular weight excluding hydrogens is 272 g/mol. The molecule has 0 amide bonds. The van der Waals surface area contributed by atoms with Crippen LogP contribution in [0.5, 0.6) is 0 Å². The lowest BCUT2D eigenvalue weighted by Gasteiger charge is -2.30. The number of rotatable bonds is 1. The van der Waals surface area contributed by atoms with E-state index < -0.39 is 17.6 Å². The summed E-state index contributed by atoms with van der Waals surface area (Å²) in [4.78, 5) is 1.89. The molecule has 0 radical (unpaired) electrons. The molecule has 1 unspecified atom stereocenters. The summed E-state index contributed by atoms with van der Waals surface area (Å²) in [5, 5.41) is 3.33. The molecule has 0 saturated carbocycles. The number of hydrogen-bond acceptors (Lipinski definition) is 2. The second-order valence-corrected chi connectivity index (χ2v) is 5.15. The van der Waals surface area contributed by atoms with Gasteiger partial charge >= 0.3 is 6.18 Å². The molecule has 20 heavy (non-hydrogen) atoms. The molecule has 112 valence electrons. The smallest absolute Gasteiger partial charge is 0.371 e. The van der Waals surface area contributed by atoms with Crippen molar-refractivity contribution in [3.8, 4) is 0 Å². The third kappa shape index (κ3) is 3.62. The average Bonchev–Trinajstić information content (AvgIpc) is 2.34. The highest BCUT2D eigenvalue weighted by Crippen LogP contribution is 2.34. The Bertz CT molecular complexity index is 459. The second-order valence-electron chi connectivity index (χ2n) is 5.15. The van der Waals surface area contributed by atoms with E-state index in [1.807, 2.05) is 4.90 Å². The maximum Gasteiger partial charge on any atom is 0.419 e. The van der Waals surface area contributed by atoms with Gasteiger partial charge in [0.15, 0.2) is 0 Å². The van der Waals surface area contributed by atoms with Crippen LogP contribution < -0.4 is 10.2 Å². The van der Waals surface area contributed by atoms with E-state index in [9.17, 15) is 17.6 Å². The number of nitrogens with one attached hydrogen (secondary N) is 1. The Balaban J connectivity index is 2.23. The first-order chi connectivity index (χ1) is 9.38. The summed E-state index contributed by atoms with van der Waals surface area (Å²) in [5.41, 5.74) is -0.754. The molecule has 1 heterocycles. The minimum Gasteiger partial charge on any atom is -0.371 e. The fourth-order valence-corrected chi connectivity index (χ4v) is 2.37. The van der Waals surface area contributed by atoms with Gasteiger partial charge in [0.2, 0.25) is 0 Å². The van der Waals surface area contributed by atoms with Crippen molar-refractivity contribution in [2.45, 2.75) is 32.0 Å². The summed E-state index contributed by atoms with van der Waals surface area (Å²) >= 11 is 0. The number of alkyl halides is 3. The van der Waals surface area contributed by atoms with E-state index in [-0.39, 0.29) is 0 Å². The Morgan fingerprint density at radius 3 is 2.70 bits per heavy atom. The largest absolute Gasteiger partial charge is 0.419 e. The molecule has 0 aromatic heterocycles. The van der Waals surface area contributed by atoms with Gasteiger partial charge in [0.1, 0.15) is 5.82 Å². The summed E-state index contributed by atoms with van der Waals surface area (Å²) in [5.74, 6) is -1.22. The molecule has 1 fully saturated rings. The Kier molecular flexibility index (Phi) is 4.52. The van der Waals surface area contributed by atoms with Gasteiger partial charge in [-0.05, 0) is 44.5 Å². The van der Waals surface area contributed by atoms with E-state index in [4.69, 9.17) is 0 Å². The van der Waals surface area contributed by atoms with Crippen LogP contribution in [0, 0.1) is 5.82 Å². The van der Waals surface area contributed by atoms with Gasteiger partial charge in [0.25, 0.3) is 0 Å². The summed E-state index contributed by atoms with van der Waals surface area (Å²) in [6, 6.07) is 3.57. The van der Waals surface area contributed by atoms with E-state index >= 15 is 0 Å². The van der Waals surface area contributed by atoms with Crippen LogP contribution in [0.1, 0.15) is 25.3 Å². The lowest BCUT2D eigenvalue weighted by Crippen LogP contribution is -2.38. The lowest BCUT2D eigenvalue weighted by atomic mass is 10.1. The fraction of sp³-hybridized carbons (Fsp3) is 0.571. The summed E-state index contributed by atoms with van der Waals surface area (Å²) < 4.78 is 51.5. The molecule has 6 heteroatoms. The van der Waals surface area contributed by atoms with Crippen LogP contribution in [0.3, 0.4) is 0 Å². The topological polar surface area (TPSA) is 15.3 Å². The van der Waals surface area contributed by atoms with Crippen LogP contribution in [0.2, 0.25) is 0 Å². The van der Waals surface area contributed by atoms with Gasteiger partial charge in [-0.2, -0.15) is 13.2 Å². The van der Waals surface area contributed by atoms with Gasteiger partial charge in [0, 0.05) is 24.8 Å². The zero-order chi connectivity index (χ0) is 14.8. The van der Waals surface area contributed by atoms with Crippen molar-refractivity contribution >= 4 is 5.69 Å². The minimum absolute atomic E-state index is 0.334. The normalized spacial score (nSPS) is 21.4. The number of anilines is 1. The zero-order valence-corrected chi connectivity index (χ0v) is 11.3. The van der Waals surface area contributed by atoms with Crippen LogP contribution >= 0.6 is 0 Å². The summed E-state index contributed by atoms with van der Waals surface area (Å²) in [6.07, 6.45) is -2.96. The zero-order valence-electron chi connectivity index (χ0n) is 11.3. The molecule has 1 aliphatic rings. The number of nitrogens with zero attached hydrogens (tertiary/aromatic N) is 1. The molecule has 1 N–H and O–H groups in total. The van der Waals surface area contributed by atoms with Gasteiger partial charge in [-0.3, -0.25) is 0 Å². The predicted octanol–water partition coefficient (Wildman–Crippen LogP) is 3.42. The van der Waals surface area contributed by atoms with E-state index in [1.54, 1.807) is 0 Å². The first kappa shape index (κ1) is 15.1. The van der Waals surface area contributed by atoms with Crippen molar-refractivity contribution in [1.29, 1.82) is 0 Å². The monoisotopic (exact) mass is 290 g/mol. The van der Waals surface area contributed by atoms with Gasteiger partial charge in [-0.1, -0.05) is 0 Å². The third-order valence-electron chi connectivity index (χ3n) is 3.55. The highest BCUT2D eigenvalue weighted by atomic mass is 19.4. The molecule has 1 aromatic rings. The van der Waals surface area contributed by atoms with Crippen LogP contribution in [-0.2, 0) is 6.18 Å². The standard InChI is InChI=1S/C14H18F4N2/c1-10-5-8-20(7-2-6-19-10)11-3-4-13(15)12(9-11)14(16,17)18/h3-4,9-10,19H,2,5-8H2,1H3. The molecule has 0 spiro atoms. The van der Waals surface area contributed by atoms with Gasteiger partial charge < -0.3 is 10.2 Å². The minimum atomic E-state index is -4.66. The van der Waals surface area contributed by atoms with Crippen LogP contribution in [0.15, 0.2) is 18.2 Å². The van der Waals surface area contributed by atoms with Crippen LogP contribution in [-0.4, -0.2) is 25.7 Å². The molecule has 2 rings (SSSR count). The first-order valence-corrected chi connectivity index (χ1v) is 6.73. The second kappa shape index (κ2) is 5.99. The van der Waals surface area contributed by atoms with Crippen molar-refractivity contribution in [1.82, 2.24) is 5.32 Å². The summed E-state index contributed by atoms with van der Waals surface area (Å²) in [6.45, 7) is 4.22. The molecule has 2 nitrogen and oxygen atoms in total. The molecule has 1 aromatic carbocycles. The Morgan fingerprint density at radius 1 is 1.25 bits per heavy atom. The number of halogens is 4. The third-order valence-corrected chi connectivity index (χ3v) is 3.55. The fourth-order valence-electron chi connectivity index (χ4n) is 2.37. The Hall–Kier alpha value is -1.30. The SMILES string of the molecule is CC1CCN(c2ccc(F)c(C(F)(F)F)c2)CCCN1. The quantitative estimate of drug-likeness (QED) is 0.797. The molecule has 1 saturated heterocycles. The van der Waals surface area contributed by atoms with Crippen molar-refractivity contribution in [3.05, 3.63) is 29.6 Å². The lowest BCUT2D eigenvalue weighted by molar-refractivity contribution is -0.139. The maximum absolute atomic E-state index is 13.3. The van der Waals surface area contributed by atoms with Crippen molar-refractivity contribution in [3.63, 3.8) is 0 Å². The highest BCUT2D eigenvalue weighted by Gasteiger charge is 2.34. The number of hydrogen-bond donors (Lipinski definition) is 1. The molecule has 1 aliphatic heterocycles. The maximum atomic E-state index is 13.3. The van der Waals surface area contributed by atoms with Crippen molar-refractivity contribution < 1.29 is 17.6 Å². The van der Waals surface area contributed by atoms with Gasteiger partial charge in [-0.25, -0.2) is 4.39 Å².